The number of nitrogens with one attached hydrogen (secondary N) is 1. The number of alkyl carbamates (subject to hydrolysis) is 1. The van der Waals surface area contributed by atoms with Gasteiger partial charge in [0.05, 0.1) is 5.92 Å². The number of benzene rings is 1. The minimum atomic E-state index is -1.39. The molecule has 1 aromatic carbocycles. The van der Waals surface area contributed by atoms with Gasteiger partial charge in [0.25, 0.3) is 0 Å². The third-order valence-corrected chi connectivity index (χ3v) is 2.50. The van der Waals surface area contributed by atoms with E-state index in [1.165, 1.54) is 6.92 Å². The number of carboxylic acids is 1. The summed E-state index contributed by atoms with van der Waals surface area (Å²) < 4.78 is 12.3. The van der Waals surface area contributed by atoms with Crippen LogP contribution in [0.1, 0.15) is 12.5 Å². The van der Waals surface area contributed by atoms with Gasteiger partial charge in [-0.15, -0.1) is 0 Å². The second-order valence-electron chi connectivity index (χ2n) is 3.92. The molecule has 1 unspecified atom stereocenters. The van der Waals surface area contributed by atoms with Crippen molar-refractivity contribution >= 4 is 18.3 Å². The fourth-order valence-electron chi connectivity index (χ4n) is 1.28. The van der Waals surface area contributed by atoms with E-state index in [0.717, 1.165) is 5.56 Å². The molecule has 0 aliphatic heterocycles. The van der Waals surface area contributed by atoms with Crippen molar-refractivity contribution in [2.24, 2.45) is 5.92 Å². The Morgan fingerprint density at radius 1 is 1.47 bits per heavy atom. The van der Waals surface area contributed by atoms with Gasteiger partial charge in [0.15, 0.2) is 1.41 Å². The molecule has 2 N–H and O–H groups in total. The molecule has 0 fully saturated rings. The zero-order valence-electron chi connectivity index (χ0n) is 11.4. The van der Waals surface area contributed by atoms with Crippen LogP contribution in [0, 0.1) is 5.92 Å². The summed E-state index contributed by atoms with van der Waals surface area (Å²) in [5.74, 6) is -2.45. The van der Waals surface area contributed by atoms with Gasteiger partial charge < -0.3 is 19.9 Å². The Balaban J connectivity index is 2.61. The molecular formula is C13H15NO5. The van der Waals surface area contributed by atoms with E-state index in [1.807, 2.05) is 0 Å². The van der Waals surface area contributed by atoms with E-state index >= 15 is 0 Å². The number of hydrogen-bond acceptors (Lipinski definition) is 4. The molecule has 0 spiro atoms. The van der Waals surface area contributed by atoms with Gasteiger partial charge in [-0.3, -0.25) is 4.79 Å². The van der Waals surface area contributed by atoms with Gasteiger partial charge in [-0.25, -0.2) is 4.79 Å². The summed E-state index contributed by atoms with van der Waals surface area (Å²) in [5, 5.41) is 9.05. The number of amides is 1. The first-order chi connectivity index (χ1) is 9.47. The number of aliphatic carboxylic acids is 1. The van der Waals surface area contributed by atoms with Crippen LogP contribution in [0.15, 0.2) is 30.3 Å². The molecule has 0 saturated heterocycles. The molecule has 19 heavy (non-hydrogen) atoms. The van der Waals surface area contributed by atoms with Crippen LogP contribution in [-0.2, 0) is 20.9 Å². The molecule has 102 valence electrons. The molecule has 0 aromatic heterocycles. The fraction of sp³-hybridized carbons (Fsp3) is 0.308. The number of ether oxygens (including phenoxy) is 1. The molecule has 1 rings (SSSR count). The largest absolute Gasteiger partial charge is 0.481 e. The van der Waals surface area contributed by atoms with Crippen molar-refractivity contribution in [3.05, 3.63) is 35.9 Å². The van der Waals surface area contributed by atoms with Crippen molar-refractivity contribution < 1.29 is 25.6 Å². The molecular weight excluding hydrogens is 250 g/mol. The van der Waals surface area contributed by atoms with Crippen molar-refractivity contribution in [2.45, 2.75) is 19.6 Å². The molecule has 1 aromatic rings. The highest BCUT2D eigenvalue weighted by Gasteiger charge is 2.25. The standard InChI is InChI=1S/C13H15NO5/c1-9(12(16)17)11(7-15)14-13(18)19-8-10-5-3-2-4-6-10/h2-7,9,11H,8H2,1H3,(H,14,18)(H,16,17)/t9?,11-/m1/s1/i/hD. The fourth-order valence-corrected chi connectivity index (χ4v) is 1.28. The number of hydrogen-bond donors (Lipinski definition) is 2. The Morgan fingerprint density at radius 3 is 2.63 bits per heavy atom. The highest BCUT2D eigenvalue weighted by Crippen LogP contribution is 2.03. The normalized spacial score (nSPS) is 13.8. The summed E-state index contributed by atoms with van der Waals surface area (Å²) in [5.41, 5.74) is 0.725. The average molecular weight is 266 g/mol. The van der Waals surface area contributed by atoms with E-state index in [4.69, 9.17) is 11.3 Å². The van der Waals surface area contributed by atoms with E-state index < -0.39 is 24.0 Å². The monoisotopic (exact) mass is 266 g/mol. The van der Waals surface area contributed by atoms with Crippen LogP contribution in [0.4, 0.5) is 4.79 Å². The Bertz CT molecular complexity index is 479. The smallest absolute Gasteiger partial charge is 0.408 e. The van der Waals surface area contributed by atoms with Gasteiger partial charge in [-0.2, -0.15) is 0 Å². The summed E-state index contributed by atoms with van der Waals surface area (Å²) in [6, 6.07) is 7.41. The second kappa shape index (κ2) is 7.15. The maximum absolute atomic E-state index is 11.6. The van der Waals surface area contributed by atoms with E-state index in [1.54, 1.807) is 30.3 Å². The number of carbonyl (C=O) groups is 3. The van der Waals surface area contributed by atoms with Crippen molar-refractivity contribution in [3.8, 4) is 0 Å². The van der Waals surface area contributed by atoms with E-state index in [0.29, 0.717) is 0 Å². The van der Waals surface area contributed by atoms with E-state index in [-0.39, 0.29) is 18.2 Å². The van der Waals surface area contributed by atoms with Crippen molar-refractivity contribution in [2.75, 3.05) is 0 Å². The topological polar surface area (TPSA) is 92.7 Å². The lowest BCUT2D eigenvalue weighted by Gasteiger charge is -2.16. The molecule has 0 aliphatic carbocycles. The van der Waals surface area contributed by atoms with Crippen molar-refractivity contribution in [1.29, 1.82) is 0 Å². The van der Waals surface area contributed by atoms with Gasteiger partial charge >= 0.3 is 12.1 Å². The highest BCUT2D eigenvalue weighted by atomic mass is 16.5. The van der Waals surface area contributed by atoms with Gasteiger partial charge in [0.1, 0.15) is 18.9 Å². The molecule has 0 heterocycles. The zero-order chi connectivity index (χ0) is 15.1. The summed E-state index contributed by atoms with van der Waals surface area (Å²) >= 11 is 0. The Kier molecular flexibility index (Phi) is 4.92. The van der Waals surface area contributed by atoms with Gasteiger partial charge in [0.2, 0.25) is 0 Å². The molecule has 1 amide bonds. The zero-order valence-corrected chi connectivity index (χ0v) is 10.4. The predicted octanol–water partition coefficient (Wildman–Crippen LogP) is 1.20. The Labute approximate surface area is 111 Å². The average Bonchev–Trinajstić information content (AvgIpc) is 2.46. The third kappa shape index (κ3) is 4.79. The highest BCUT2D eigenvalue weighted by molar-refractivity contribution is 5.80. The van der Waals surface area contributed by atoms with Crippen LogP contribution in [0.25, 0.3) is 0 Å². The third-order valence-electron chi connectivity index (χ3n) is 2.50. The molecule has 0 radical (unpaired) electrons. The molecule has 2 atom stereocenters. The first-order valence-electron chi connectivity index (χ1n) is 6.09. The lowest BCUT2D eigenvalue weighted by Crippen LogP contribution is -2.43. The summed E-state index contributed by atoms with van der Waals surface area (Å²) in [7, 11) is 0. The number of carbonyl (C=O) groups excluding carboxylic acids is 2. The molecule has 6 nitrogen and oxygen atoms in total. The van der Waals surface area contributed by atoms with Crippen molar-refractivity contribution in [3.63, 3.8) is 0 Å². The van der Waals surface area contributed by atoms with Crippen LogP contribution in [-0.4, -0.2) is 29.5 Å². The number of aldehydes is 1. The van der Waals surface area contributed by atoms with E-state index in [9.17, 15) is 14.4 Å². The maximum atomic E-state index is 11.6. The molecule has 0 bridgehead atoms. The molecule has 0 aliphatic rings. The first-order valence-corrected chi connectivity index (χ1v) is 5.64. The lowest BCUT2D eigenvalue weighted by molar-refractivity contribution is -0.143. The molecule has 6 heteroatoms. The lowest BCUT2D eigenvalue weighted by atomic mass is 10.0. The maximum Gasteiger partial charge on any atom is 0.408 e. The minimum absolute atomic E-state index is 0.0535. The van der Waals surface area contributed by atoms with Crippen LogP contribution in [0.2, 0.25) is 1.41 Å². The minimum Gasteiger partial charge on any atom is -0.481 e. The summed E-state index contributed by atoms with van der Waals surface area (Å²) in [4.78, 5) is 33.2. The Morgan fingerprint density at radius 2 is 2.11 bits per heavy atom. The van der Waals surface area contributed by atoms with Gasteiger partial charge in [-0.1, -0.05) is 30.3 Å². The van der Waals surface area contributed by atoms with Crippen molar-refractivity contribution in [1.82, 2.24) is 5.31 Å². The second-order valence-corrected chi connectivity index (χ2v) is 3.92. The predicted molar refractivity (Wildman–Crippen MR) is 66.4 cm³/mol. The van der Waals surface area contributed by atoms with E-state index in [2.05, 4.69) is 0 Å². The Hall–Kier alpha value is -2.37. The van der Waals surface area contributed by atoms with Crippen LogP contribution < -0.4 is 5.31 Å². The van der Waals surface area contributed by atoms with Crippen LogP contribution in [0.3, 0.4) is 0 Å². The first kappa shape index (κ1) is 13.1. The van der Waals surface area contributed by atoms with Gasteiger partial charge in [0, 0.05) is 0 Å². The number of carboxylic acid groups (broad SMARTS) is 1. The van der Waals surface area contributed by atoms with Gasteiger partial charge in [-0.05, 0) is 12.5 Å². The SMILES string of the molecule is [2H]N(C(=O)OCc1ccccc1)[C@H](C=O)C(C)C(=O)O. The number of rotatable bonds is 6. The quantitative estimate of drug-likeness (QED) is 0.755. The summed E-state index contributed by atoms with van der Waals surface area (Å²) in [6.45, 7) is 1.19. The molecule has 0 saturated carbocycles. The van der Waals surface area contributed by atoms with Crippen LogP contribution in [0.5, 0.6) is 0 Å². The van der Waals surface area contributed by atoms with Crippen LogP contribution >= 0.6 is 0 Å². The summed E-state index contributed by atoms with van der Waals surface area (Å²) in [6.07, 6.45) is -0.825.